The van der Waals surface area contributed by atoms with Crippen LogP contribution in [-0.4, -0.2) is 270 Å². The highest BCUT2D eigenvalue weighted by Gasteiger charge is 2.69. The van der Waals surface area contributed by atoms with Crippen molar-refractivity contribution in [2.24, 2.45) is 52.3 Å². The maximum absolute atomic E-state index is 11.9. The van der Waals surface area contributed by atoms with Gasteiger partial charge in [-0.2, -0.15) is 0 Å². The molecule has 11 aliphatic rings. The second kappa shape index (κ2) is 24.2. The van der Waals surface area contributed by atoms with Crippen molar-refractivity contribution in [3.05, 3.63) is 0 Å². The Labute approximate surface area is 470 Å². The van der Waals surface area contributed by atoms with Crippen LogP contribution in [0.4, 0.5) is 0 Å². The van der Waals surface area contributed by atoms with Gasteiger partial charge in [-0.05, 0) is 104 Å². The van der Waals surface area contributed by atoms with Crippen molar-refractivity contribution in [1.82, 2.24) is 0 Å². The molecule has 1 spiro atoms. The fourth-order valence-electron chi connectivity index (χ4n) is 17.1. The van der Waals surface area contributed by atoms with Gasteiger partial charge in [-0.1, -0.05) is 27.7 Å². The van der Waals surface area contributed by atoms with E-state index in [1.807, 2.05) is 0 Å². The van der Waals surface area contributed by atoms with E-state index in [4.69, 9.17) is 56.8 Å². The fraction of sp³-hybridized carbons (Fsp3) is 1.00. The Hall–Kier alpha value is -1.04. The molecule has 4 saturated carbocycles. The molecule has 26 heteroatoms. The van der Waals surface area contributed by atoms with Crippen LogP contribution in [0.25, 0.3) is 0 Å². The number of hydrogen-bond acceptors (Lipinski definition) is 26. The number of fused-ring (bicyclic) bond motifs is 7. The minimum atomic E-state index is -2.13. The standard InChI is InChI=1S/C55H90O26/c1-21-7-12-55(72-18-21)22(2)34-30(81-55)14-27-25-6-5-23-13-24(8-10-53(23,3)26(25)9-11-54(27,34)4)73-50-42(68)38(64)45(33(17-58)75-50)78-52-47(46(37(63)31(15-56)74-52)79-49-41(67)36(62)29(60)20-71-49)80-51-43(69)39(65)44(32(16-57)76-51)77-48-40(66)35(61)28(59)19-70-48/h21-52,56-69H,5-20H2,1-4H3/t21-,22+,23+,24+,25-,26+,27+,28+,29-,30+,31-,32-,33-,34+,35+,36+,37-,38-,39-,40-,41-,42-,43-,44-,45+,46+,47-,48+,49+,50-,51+,52+,53+,54+,55-/m1/s1. The first-order valence-corrected chi connectivity index (χ1v) is 29.7. The molecule has 0 aromatic carbocycles. The summed E-state index contributed by atoms with van der Waals surface area (Å²) in [7, 11) is 0. The van der Waals surface area contributed by atoms with E-state index in [1.165, 1.54) is 0 Å². The molecule has 0 amide bonds. The van der Waals surface area contributed by atoms with E-state index in [1.54, 1.807) is 0 Å². The zero-order chi connectivity index (χ0) is 57.8. The maximum Gasteiger partial charge on any atom is 0.187 e. The molecule has 11 rings (SSSR count). The Kier molecular flexibility index (Phi) is 18.4. The molecule has 466 valence electrons. The third-order valence-electron chi connectivity index (χ3n) is 21.7. The number of aliphatic hydroxyl groups excluding tert-OH is 14. The van der Waals surface area contributed by atoms with Crippen LogP contribution in [0.1, 0.15) is 91.9 Å². The van der Waals surface area contributed by atoms with Gasteiger partial charge in [0.15, 0.2) is 37.2 Å². The number of ether oxygens (including phenoxy) is 12. The van der Waals surface area contributed by atoms with Crippen LogP contribution < -0.4 is 0 Å². The lowest BCUT2D eigenvalue weighted by molar-refractivity contribution is -0.408. The van der Waals surface area contributed by atoms with E-state index >= 15 is 0 Å². The summed E-state index contributed by atoms with van der Waals surface area (Å²) in [6.45, 7) is 6.65. The summed E-state index contributed by atoms with van der Waals surface area (Å²) in [5.74, 6) is 2.90. The van der Waals surface area contributed by atoms with Crippen LogP contribution in [0.3, 0.4) is 0 Å². The smallest absolute Gasteiger partial charge is 0.187 e. The molecular formula is C55H90O26. The summed E-state index contributed by atoms with van der Waals surface area (Å²) >= 11 is 0. The van der Waals surface area contributed by atoms with Crippen LogP contribution in [0.2, 0.25) is 0 Å². The molecule has 0 unspecified atom stereocenters. The predicted octanol–water partition coefficient (Wildman–Crippen LogP) is -3.81. The summed E-state index contributed by atoms with van der Waals surface area (Å²) in [5.41, 5.74) is 0.243. The molecule has 7 heterocycles. The highest BCUT2D eigenvalue weighted by molar-refractivity contribution is 5.16. The lowest BCUT2D eigenvalue weighted by Crippen LogP contribution is -2.68. The maximum atomic E-state index is 11.9. The Balaban J connectivity index is 0.769. The van der Waals surface area contributed by atoms with Crippen molar-refractivity contribution in [2.75, 3.05) is 39.6 Å². The van der Waals surface area contributed by atoms with Crippen LogP contribution in [0.15, 0.2) is 0 Å². The minimum Gasteiger partial charge on any atom is -0.394 e. The van der Waals surface area contributed by atoms with Crippen molar-refractivity contribution >= 4 is 0 Å². The largest absolute Gasteiger partial charge is 0.394 e. The fourth-order valence-corrected chi connectivity index (χ4v) is 17.1. The molecule has 81 heavy (non-hydrogen) atoms. The van der Waals surface area contributed by atoms with Gasteiger partial charge in [0, 0.05) is 12.3 Å². The summed E-state index contributed by atoms with van der Waals surface area (Å²) in [4.78, 5) is 0. The van der Waals surface area contributed by atoms with Gasteiger partial charge in [-0.25, -0.2) is 0 Å². The van der Waals surface area contributed by atoms with E-state index < -0.39 is 180 Å². The van der Waals surface area contributed by atoms with Crippen LogP contribution >= 0.6 is 0 Å². The second-order valence-corrected chi connectivity index (χ2v) is 26.2. The molecule has 35 atom stereocenters. The van der Waals surface area contributed by atoms with Gasteiger partial charge < -0.3 is 128 Å². The van der Waals surface area contributed by atoms with Gasteiger partial charge in [-0.3, -0.25) is 0 Å². The van der Waals surface area contributed by atoms with Gasteiger partial charge >= 0.3 is 0 Å². The number of rotatable bonds is 13. The van der Waals surface area contributed by atoms with Gasteiger partial charge in [0.25, 0.3) is 0 Å². The van der Waals surface area contributed by atoms with Crippen molar-refractivity contribution in [1.29, 1.82) is 0 Å². The summed E-state index contributed by atoms with van der Waals surface area (Å²) in [5, 5.41) is 153. The molecule has 7 saturated heterocycles. The predicted molar refractivity (Wildman–Crippen MR) is 269 cm³/mol. The third kappa shape index (κ3) is 10.9. The van der Waals surface area contributed by atoms with Gasteiger partial charge in [-0.15, -0.1) is 0 Å². The lowest BCUT2D eigenvalue weighted by atomic mass is 9.44. The van der Waals surface area contributed by atoms with E-state index in [0.717, 1.165) is 58.0 Å². The summed E-state index contributed by atoms with van der Waals surface area (Å²) in [6, 6.07) is 0. The highest BCUT2D eigenvalue weighted by atomic mass is 16.8. The van der Waals surface area contributed by atoms with E-state index in [0.29, 0.717) is 54.3 Å². The molecule has 4 aliphatic carbocycles. The van der Waals surface area contributed by atoms with E-state index in [-0.39, 0.29) is 23.0 Å². The Bertz CT molecular complexity index is 2090. The molecule has 0 aromatic rings. The average molecular weight is 1170 g/mol. The average Bonchev–Trinajstić information content (AvgIpc) is 4.07. The molecule has 0 bridgehead atoms. The van der Waals surface area contributed by atoms with Crippen LogP contribution in [0, 0.1) is 52.3 Å². The topological polar surface area (TPSA) is 394 Å². The van der Waals surface area contributed by atoms with Gasteiger partial charge in [0.2, 0.25) is 0 Å². The molecular weight excluding hydrogens is 1080 g/mol. The first-order chi connectivity index (χ1) is 38.6. The highest BCUT2D eigenvalue weighted by Crippen LogP contribution is 2.71. The molecule has 26 nitrogen and oxygen atoms in total. The molecule has 0 aromatic heterocycles. The lowest BCUT2D eigenvalue weighted by Gasteiger charge is -2.61. The molecule has 7 aliphatic heterocycles. The van der Waals surface area contributed by atoms with Crippen LogP contribution in [0.5, 0.6) is 0 Å². The van der Waals surface area contributed by atoms with Crippen molar-refractivity contribution < 1.29 is 128 Å². The quantitative estimate of drug-likeness (QED) is 0.0786. The van der Waals surface area contributed by atoms with Crippen molar-refractivity contribution in [3.8, 4) is 0 Å². The summed E-state index contributed by atoms with van der Waals surface area (Å²) < 4.78 is 73.2. The first kappa shape index (κ1) is 61.6. The second-order valence-electron chi connectivity index (χ2n) is 26.2. The van der Waals surface area contributed by atoms with Gasteiger partial charge in [0.05, 0.1) is 51.8 Å². The first-order valence-electron chi connectivity index (χ1n) is 29.7. The van der Waals surface area contributed by atoms with E-state index in [9.17, 15) is 71.5 Å². The molecule has 11 fully saturated rings. The molecule has 14 N–H and O–H groups in total. The zero-order valence-electron chi connectivity index (χ0n) is 46.4. The molecule has 0 radical (unpaired) electrons. The Morgan fingerprint density at radius 3 is 1.57 bits per heavy atom. The normalized spacial score (nSPS) is 57.6. The SMILES string of the molecule is C[C@@H]1CC[C@@]2(OC1)O[C@H]1C[C@H]3[C@@H]4CC[C@H]5C[C@@H](O[C@@H]6O[C@H](CO)[C@H](O[C@@H]7O[C@H](CO)[C@@H](O)[C@H](O[C@@H]8OC[C@@H](O)[C@H](O)[C@H]8O)[C@H]7O[C@@H]7O[C@H](CO)[C@@H](O[C@@H]8OC[C@H](O)[C@H](O)[C@H]8O)[C@H](O)[C@H]7O)[C@H](O)[C@H]6O)CC[C@]5(C)[C@H]4CC[C@]3(C)[C@H]1[C@@H]2C. The van der Waals surface area contributed by atoms with Crippen molar-refractivity contribution in [2.45, 2.75) is 251 Å². The Morgan fingerprint density at radius 1 is 0.457 bits per heavy atom. The van der Waals surface area contributed by atoms with Crippen LogP contribution in [-0.2, 0) is 56.8 Å². The number of aliphatic hydroxyl groups is 14. The monoisotopic (exact) mass is 1170 g/mol. The third-order valence-corrected chi connectivity index (χ3v) is 21.7. The Morgan fingerprint density at radius 2 is 0.988 bits per heavy atom. The number of hydrogen-bond donors (Lipinski definition) is 14. The van der Waals surface area contributed by atoms with Crippen molar-refractivity contribution in [3.63, 3.8) is 0 Å². The summed E-state index contributed by atoms with van der Waals surface area (Å²) in [6.07, 6.45) is -31.2. The minimum absolute atomic E-state index is 0.0627. The van der Waals surface area contributed by atoms with Gasteiger partial charge in [0.1, 0.15) is 110 Å². The zero-order valence-corrected chi connectivity index (χ0v) is 46.4. The van der Waals surface area contributed by atoms with E-state index in [2.05, 4.69) is 27.7 Å².